The fourth-order valence-electron chi connectivity index (χ4n) is 2.45. The molecule has 0 aliphatic rings. The summed E-state index contributed by atoms with van der Waals surface area (Å²) < 4.78 is 5.28. The zero-order valence-electron chi connectivity index (χ0n) is 13.4. The van der Waals surface area contributed by atoms with Crippen molar-refractivity contribution in [2.24, 2.45) is 0 Å². The average molecular weight is 385 g/mol. The summed E-state index contributed by atoms with van der Waals surface area (Å²) in [5.41, 5.74) is 2.00. The number of amides is 1. The number of furan rings is 1. The maximum Gasteiger partial charge on any atom is 0.277 e. The van der Waals surface area contributed by atoms with E-state index in [0.29, 0.717) is 28.0 Å². The van der Waals surface area contributed by atoms with Gasteiger partial charge in [-0.15, -0.1) is 11.3 Å². The van der Waals surface area contributed by atoms with Crippen LogP contribution in [0.2, 0.25) is 5.02 Å². The van der Waals surface area contributed by atoms with Crippen LogP contribution in [-0.2, 0) is 6.42 Å². The van der Waals surface area contributed by atoms with Crippen molar-refractivity contribution in [1.29, 1.82) is 0 Å². The van der Waals surface area contributed by atoms with Crippen LogP contribution in [0.25, 0.3) is 11.5 Å². The summed E-state index contributed by atoms with van der Waals surface area (Å²) in [5.74, 6) is 0.289. The smallest absolute Gasteiger partial charge is 0.277 e. The molecule has 0 saturated carbocycles. The zero-order valence-corrected chi connectivity index (χ0v) is 15.0. The van der Waals surface area contributed by atoms with Crippen LogP contribution in [0.15, 0.2) is 59.3 Å². The van der Waals surface area contributed by atoms with E-state index in [1.54, 1.807) is 30.7 Å². The van der Waals surface area contributed by atoms with Gasteiger partial charge in [0.2, 0.25) is 0 Å². The molecular formula is C18H13ClN4O2S. The van der Waals surface area contributed by atoms with Gasteiger partial charge in [0.1, 0.15) is 5.69 Å². The van der Waals surface area contributed by atoms with Crippen molar-refractivity contribution in [1.82, 2.24) is 15.2 Å². The predicted octanol–water partition coefficient (Wildman–Crippen LogP) is 4.62. The monoisotopic (exact) mass is 384 g/mol. The number of hydrogen-bond acceptors (Lipinski definition) is 5. The van der Waals surface area contributed by atoms with Crippen LogP contribution in [0.4, 0.5) is 5.13 Å². The first-order valence-corrected chi connectivity index (χ1v) is 8.96. The minimum atomic E-state index is -0.331. The van der Waals surface area contributed by atoms with Gasteiger partial charge in [0.25, 0.3) is 5.91 Å². The van der Waals surface area contributed by atoms with Gasteiger partial charge >= 0.3 is 0 Å². The normalized spacial score (nSPS) is 10.8. The molecule has 4 rings (SSSR count). The molecule has 0 bridgehead atoms. The quantitative estimate of drug-likeness (QED) is 0.525. The van der Waals surface area contributed by atoms with E-state index in [2.05, 4.69) is 20.5 Å². The van der Waals surface area contributed by atoms with Crippen LogP contribution < -0.4 is 5.32 Å². The standard InChI is InChI=1S/C18H13ClN4O2S/c19-12-4-1-3-11(7-12)8-13-10-20-18(26-13)21-17(24)15-9-14(22-23-15)16-5-2-6-25-16/h1-7,9-10H,8H2,(H,22,23)(H,20,21,24). The number of benzene rings is 1. The van der Waals surface area contributed by atoms with Gasteiger partial charge in [-0.25, -0.2) is 4.98 Å². The van der Waals surface area contributed by atoms with E-state index >= 15 is 0 Å². The highest BCUT2D eigenvalue weighted by Crippen LogP contribution is 2.23. The van der Waals surface area contributed by atoms with Gasteiger partial charge in [0.05, 0.1) is 6.26 Å². The Morgan fingerprint density at radius 3 is 3.00 bits per heavy atom. The molecule has 0 aliphatic carbocycles. The highest BCUT2D eigenvalue weighted by molar-refractivity contribution is 7.15. The third-order valence-electron chi connectivity index (χ3n) is 3.64. The highest BCUT2D eigenvalue weighted by Gasteiger charge is 2.14. The van der Waals surface area contributed by atoms with Crippen molar-refractivity contribution >= 4 is 34.0 Å². The third-order valence-corrected chi connectivity index (χ3v) is 4.79. The van der Waals surface area contributed by atoms with Crippen LogP contribution in [-0.4, -0.2) is 21.1 Å². The Bertz CT molecular complexity index is 1040. The number of halogens is 1. The largest absolute Gasteiger partial charge is 0.463 e. The molecule has 0 spiro atoms. The summed E-state index contributed by atoms with van der Waals surface area (Å²) in [5, 5.41) is 10.8. The molecule has 6 nitrogen and oxygen atoms in total. The SMILES string of the molecule is O=C(Nc1ncc(Cc2cccc(Cl)c2)s1)c1cc(-c2ccco2)[nH]n1. The molecule has 0 atom stereocenters. The van der Waals surface area contributed by atoms with Gasteiger partial charge in [-0.3, -0.25) is 15.2 Å². The number of hydrogen-bond donors (Lipinski definition) is 2. The number of carbonyl (C=O) groups excluding carboxylic acids is 1. The number of nitrogens with zero attached hydrogens (tertiary/aromatic N) is 2. The Balaban J connectivity index is 1.43. The average Bonchev–Trinajstić information content (AvgIpc) is 3.36. The van der Waals surface area contributed by atoms with E-state index in [1.807, 2.05) is 24.3 Å². The lowest BCUT2D eigenvalue weighted by molar-refractivity contribution is 0.102. The fourth-order valence-corrected chi connectivity index (χ4v) is 3.51. The molecule has 3 aromatic heterocycles. The van der Waals surface area contributed by atoms with Gasteiger partial charge < -0.3 is 4.42 Å². The van der Waals surface area contributed by atoms with Gasteiger partial charge in [-0.05, 0) is 29.8 Å². The minimum Gasteiger partial charge on any atom is -0.463 e. The van der Waals surface area contributed by atoms with Gasteiger partial charge in [0, 0.05) is 28.6 Å². The zero-order chi connectivity index (χ0) is 17.9. The Morgan fingerprint density at radius 2 is 2.19 bits per heavy atom. The lowest BCUT2D eigenvalue weighted by Crippen LogP contribution is -2.11. The third kappa shape index (κ3) is 3.68. The van der Waals surface area contributed by atoms with E-state index in [4.69, 9.17) is 16.0 Å². The molecule has 0 radical (unpaired) electrons. The van der Waals surface area contributed by atoms with Crippen LogP contribution in [0, 0.1) is 0 Å². The first-order chi connectivity index (χ1) is 12.7. The van der Waals surface area contributed by atoms with Gasteiger partial charge in [0.15, 0.2) is 16.6 Å². The number of rotatable bonds is 5. The molecule has 0 unspecified atom stereocenters. The molecule has 4 aromatic rings. The van der Waals surface area contributed by atoms with Crippen molar-refractivity contribution in [2.75, 3.05) is 5.32 Å². The number of aromatic nitrogens is 3. The van der Waals surface area contributed by atoms with Gasteiger partial charge in [-0.2, -0.15) is 5.10 Å². The van der Waals surface area contributed by atoms with E-state index in [9.17, 15) is 4.79 Å². The summed E-state index contributed by atoms with van der Waals surface area (Å²) in [6, 6.07) is 12.9. The van der Waals surface area contributed by atoms with E-state index < -0.39 is 0 Å². The van der Waals surface area contributed by atoms with E-state index in [-0.39, 0.29) is 11.6 Å². The molecular weight excluding hydrogens is 372 g/mol. The Hall–Kier alpha value is -2.90. The van der Waals surface area contributed by atoms with Crippen molar-refractivity contribution in [3.05, 3.63) is 76.1 Å². The number of aromatic amines is 1. The van der Waals surface area contributed by atoms with Crippen molar-refractivity contribution < 1.29 is 9.21 Å². The molecule has 130 valence electrons. The van der Waals surface area contributed by atoms with Crippen LogP contribution in [0.3, 0.4) is 0 Å². The van der Waals surface area contributed by atoms with Crippen LogP contribution >= 0.6 is 22.9 Å². The molecule has 26 heavy (non-hydrogen) atoms. The summed E-state index contributed by atoms with van der Waals surface area (Å²) in [6.07, 6.45) is 4.02. The van der Waals surface area contributed by atoms with E-state index in [1.165, 1.54) is 11.3 Å². The first-order valence-electron chi connectivity index (χ1n) is 7.77. The number of carbonyl (C=O) groups is 1. The summed E-state index contributed by atoms with van der Waals surface area (Å²) in [7, 11) is 0. The maximum atomic E-state index is 12.3. The summed E-state index contributed by atoms with van der Waals surface area (Å²) >= 11 is 7.42. The van der Waals surface area contributed by atoms with Crippen LogP contribution in [0.5, 0.6) is 0 Å². The first kappa shape index (κ1) is 16.6. The lowest BCUT2D eigenvalue weighted by Gasteiger charge is -1.99. The van der Waals surface area contributed by atoms with Crippen molar-refractivity contribution in [2.45, 2.75) is 6.42 Å². The molecule has 1 amide bonds. The Kier molecular flexibility index (Phi) is 4.55. The summed E-state index contributed by atoms with van der Waals surface area (Å²) in [4.78, 5) is 17.6. The molecule has 1 aromatic carbocycles. The van der Waals surface area contributed by atoms with Crippen LogP contribution in [0.1, 0.15) is 20.9 Å². The van der Waals surface area contributed by atoms with Crippen molar-refractivity contribution in [3.63, 3.8) is 0 Å². The molecule has 0 saturated heterocycles. The number of nitrogens with one attached hydrogen (secondary N) is 2. The second kappa shape index (κ2) is 7.15. The number of thiazole rings is 1. The second-order valence-electron chi connectivity index (χ2n) is 5.54. The highest BCUT2D eigenvalue weighted by atomic mass is 35.5. The number of anilines is 1. The van der Waals surface area contributed by atoms with Crippen molar-refractivity contribution in [3.8, 4) is 11.5 Å². The summed E-state index contributed by atoms with van der Waals surface area (Å²) in [6.45, 7) is 0. The molecule has 2 N–H and O–H groups in total. The molecule has 0 fully saturated rings. The molecule has 0 aliphatic heterocycles. The predicted molar refractivity (Wildman–Crippen MR) is 101 cm³/mol. The fraction of sp³-hybridized carbons (Fsp3) is 0.0556. The van der Waals surface area contributed by atoms with E-state index in [0.717, 1.165) is 10.4 Å². The minimum absolute atomic E-state index is 0.267. The Labute approximate surface area is 157 Å². The number of H-pyrrole nitrogens is 1. The maximum absolute atomic E-state index is 12.3. The Morgan fingerprint density at radius 1 is 1.27 bits per heavy atom. The molecule has 8 heteroatoms. The topological polar surface area (TPSA) is 83.8 Å². The second-order valence-corrected chi connectivity index (χ2v) is 7.09. The van der Waals surface area contributed by atoms with Gasteiger partial charge in [-0.1, -0.05) is 23.7 Å². The molecule has 3 heterocycles. The lowest BCUT2D eigenvalue weighted by atomic mass is 10.1.